The maximum atomic E-state index is 13.1. The van der Waals surface area contributed by atoms with E-state index in [2.05, 4.69) is 0 Å². The Morgan fingerprint density at radius 1 is 1.11 bits per heavy atom. The summed E-state index contributed by atoms with van der Waals surface area (Å²) < 4.78 is 44.0. The average Bonchev–Trinajstić information content (AvgIpc) is 2.67. The van der Waals surface area contributed by atoms with Gasteiger partial charge in [0.2, 0.25) is 10.0 Å². The summed E-state index contributed by atoms with van der Waals surface area (Å²) in [5.74, 6) is 2.00. The van der Waals surface area contributed by atoms with Crippen molar-refractivity contribution >= 4 is 10.0 Å². The van der Waals surface area contributed by atoms with E-state index in [1.54, 1.807) is 51.6 Å². The first-order valence-corrected chi connectivity index (χ1v) is 10.6. The molecular weight excluding hydrogens is 378 g/mol. The van der Waals surface area contributed by atoms with Crippen molar-refractivity contribution in [2.45, 2.75) is 43.7 Å². The summed E-state index contributed by atoms with van der Waals surface area (Å²) in [5, 5.41) is 0. The van der Waals surface area contributed by atoms with Crippen LogP contribution >= 0.6 is 0 Å². The molecule has 1 heterocycles. The van der Waals surface area contributed by atoms with E-state index >= 15 is 0 Å². The molecule has 0 fully saturated rings. The normalized spacial score (nSPS) is 15.6. The van der Waals surface area contributed by atoms with Gasteiger partial charge in [0.1, 0.15) is 22.8 Å². The van der Waals surface area contributed by atoms with E-state index in [0.29, 0.717) is 11.5 Å². The Morgan fingerprint density at radius 3 is 2.54 bits per heavy atom. The maximum absolute atomic E-state index is 13.1. The molecule has 0 saturated heterocycles. The van der Waals surface area contributed by atoms with Crippen LogP contribution in [0.2, 0.25) is 0 Å². The molecule has 0 atom stereocenters. The summed E-state index contributed by atoms with van der Waals surface area (Å²) in [6, 6.07) is 10.4. The van der Waals surface area contributed by atoms with Crippen LogP contribution in [-0.4, -0.2) is 39.6 Å². The molecule has 0 aromatic heterocycles. The average molecular weight is 406 g/mol. The first kappa shape index (κ1) is 20.5. The Kier molecular flexibility index (Phi) is 5.59. The third kappa shape index (κ3) is 4.10. The van der Waals surface area contributed by atoms with Crippen LogP contribution in [0.5, 0.6) is 17.2 Å². The molecule has 28 heavy (non-hydrogen) atoms. The summed E-state index contributed by atoms with van der Waals surface area (Å²) in [4.78, 5) is 0.268. The zero-order valence-corrected chi connectivity index (χ0v) is 17.8. The quantitative estimate of drug-likeness (QED) is 0.734. The summed E-state index contributed by atoms with van der Waals surface area (Å²) >= 11 is 0. The highest BCUT2D eigenvalue weighted by Crippen LogP contribution is 2.35. The largest absolute Gasteiger partial charge is 0.497 e. The predicted molar refractivity (Wildman–Crippen MR) is 108 cm³/mol. The second kappa shape index (κ2) is 7.64. The van der Waals surface area contributed by atoms with E-state index in [1.165, 1.54) is 4.31 Å². The van der Waals surface area contributed by atoms with Crippen molar-refractivity contribution in [3.05, 3.63) is 47.5 Å². The summed E-state index contributed by atoms with van der Waals surface area (Å²) in [5.41, 5.74) is 1.46. The van der Waals surface area contributed by atoms with Crippen LogP contribution in [0.3, 0.4) is 0 Å². The minimum atomic E-state index is -3.65. The Labute approximate surface area is 167 Å². The van der Waals surface area contributed by atoms with Crippen molar-refractivity contribution < 1.29 is 22.6 Å². The van der Waals surface area contributed by atoms with Crippen molar-refractivity contribution in [2.24, 2.45) is 0 Å². The van der Waals surface area contributed by atoms with Crippen molar-refractivity contribution in [3.8, 4) is 17.2 Å². The van der Waals surface area contributed by atoms with E-state index in [-0.39, 0.29) is 17.0 Å². The topological polar surface area (TPSA) is 65.1 Å². The number of hydrogen-bond donors (Lipinski definition) is 0. The van der Waals surface area contributed by atoms with Gasteiger partial charge in [0.25, 0.3) is 0 Å². The number of rotatable bonds is 6. The van der Waals surface area contributed by atoms with Crippen LogP contribution in [0, 0.1) is 0 Å². The van der Waals surface area contributed by atoms with E-state index in [1.807, 2.05) is 19.9 Å². The Bertz CT molecular complexity index is 969. The van der Waals surface area contributed by atoms with Gasteiger partial charge >= 0.3 is 0 Å². The summed E-state index contributed by atoms with van der Waals surface area (Å²) in [6.45, 7) is 4.27. The van der Waals surface area contributed by atoms with Crippen LogP contribution < -0.4 is 14.2 Å². The molecule has 0 radical (unpaired) electrons. The maximum Gasteiger partial charge on any atom is 0.243 e. The Hall–Kier alpha value is -2.25. The van der Waals surface area contributed by atoms with Gasteiger partial charge in [-0.05, 0) is 56.5 Å². The molecule has 6 nitrogen and oxygen atoms in total. The van der Waals surface area contributed by atoms with Crippen LogP contribution in [0.25, 0.3) is 0 Å². The lowest BCUT2D eigenvalue weighted by molar-refractivity contribution is 0.0845. The molecule has 2 aromatic carbocycles. The highest BCUT2D eigenvalue weighted by molar-refractivity contribution is 7.89. The lowest BCUT2D eigenvalue weighted by Crippen LogP contribution is -2.33. The van der Waals surface area contributed by atoms with Crippen molar-refractivity contribution in [2.75, 3.05) is 21.3 Å². The van der Waals surface area contributed by atoms with Crippen LogP contribution in [0.4, 0.5) is 0 Å². The monoisotopic (exact) mass is 405 g/mol. The molecule has 0 unspecified atom stereocenters. The lowest BCUT2D eigenvalue weighted by atomic mass is 9.94. The van der Waals surface area contributed by atoms with Gasteiger partial charge < -0.3 is 14.2 Å². The zero-order valence-electron chi connectivity index (χ0n) is 17.0. The second-order valence-electron chi connectivity index (χ2n) is 7.57. The molecular formula is C21H27NO5S. The number of methoxy groups -OCH3 is 2. The molecule has 7 heteroatoms. The smallest absolute Gasteiger partial charge is 0.243 e. The predicted octanol–water partition coefficient (Wildman–Crippen LogP) is 3.63. The number of hydrogen-bond acceptors (Lipinski definition) is 5. The highest BCUT2D eigenvalue weighted by Gasteiger charge is 2.29. The van der Waals surface area contributed by atoms with Crippen LogP contribution in [0.15, 0.2) is 41.3 Å². The first-order chi connectivity index (χ1) is 13.2. The van der Waals surface area contributed by atoms with Gasteiger partial charge in [0.05, 0.1) is 19.1 Å². The molecule has 152 valence electrons. The van der Waals surface area contributed by atoms with Gasteiger partial charge in [-0.3, -0.25) is 0 Å². The van der Waals surface area contributed by atoms with E-state index < -0.39 is 10.0 Å². The van der Waals surface area contributed by atoms with Gasteiger partial charge in [-0.25, -0.2) is 8.42 Å². The Balaban J connectivity index is 1.85. The van der Waals surface area contributed by atoms with Gasteiger partial charge in [0, 0.05) is 25.2 Å². The SMILES string of the molecule is COc1ccc(CN(C)S(=O)(=O)c2ccc3c(c2)CCC(C)(C)O3)c(OC)c1. The molecule has 0 amide bonds. The molecule has 1 aliphatic heterocycles. The number of ether oxygens (including phenoxy) is 3. The molecule has 3 rings (SSSR count). The van der Waals surface area contributed by atoms with Gasteiger partial charge in [-0.1, -0.05) is 6.07 Å². The van der Waals surface area contributed by atoms with Crippen molar-refractivity contribution in [3.63, 3.8) is 0 Å². The molecule has 0 bridgehead atoms. The van der Waals surface area contributed by atoms with Gasteiger partial charge in [0.15, 0.2) is 0 Å². The van der Waals surface area contributed by atoms with Crippen molar-refractivity contribution in [1.82, 2.24) is 4.31 Å². The molecule has 0 saturated carbocycles. The lowest BCUT2D eigenvalue weighted by Gasteiger charge is -2.32. The summed E-state index contributed by atoms with van der Waals surface area (Å²) in [6.07, 6.45) is 1.64. The number of benzene rings is 2. The van der Waals surface area contributed by atoms with Crippen LogP contribution in [-0.2, 0) is 23.0 Å². The molecule has 0 aliphatic carbocycles. The van der Waals surface area contributed by atoms with E-state index in [0.717, 1.165) is 29.7 Å². The molecule has 2 aromatic rings. The minimum Gasteiger partial charge on any atom is -0.497 e. The fourth-order valence-electron chi connectivity index (χ4n) is 3.28. The first-order valence-electron chi connectivity index (χ1n) is 9.15. The fourth-order valence-corrected chi connectivity index (χ4v) is 4.48. The zero-order chi connectivity index (χ0) is 20.5. The third-order valence-electron chi connectivity index (χ3n) is 5.01. The van der Waals surface area contributed by atoms with E-state index in [9.17, 15) is 8.42 Å². The Morgan fingerprint density at radius 2 is 1.86 bits per heavy atom. The highest BCUT2D eigenvalue weighted by atomic mass is 32.2. The number of sulfonamides is 1. The standard InChI is InChI=1S/C21H27NO5S/c1-21(2)11-10-15-12-18(8-9-19(15)27-21)28(23,24)22(3)14-16-6-7-17(25-4)13-20(16)26-5/h6-9,12-13H,10-11,14H2,1-5H3. The number of nitrogens with zero attached hydrogens (tertiary/aromatic N) is 1. The number of fused-ring (bicyclic) bond motifs is 1. The third-order valence-corrected chi connectivity index (χ3v) is 6.81. The van der Waals surface area contributed by atoms with Crippen LogP contribution in [0.1, 0.15) is 31.4 Å². The van der Waals surface area contributed by atoms with Gasteiger partial charge in [-0.15, -0.1) is 0 Å². The fraction of sp³-hybridized carbons (Fsp3) is 0.429. The second-order valence-corrected chi connectivity index (χ2v) is 9.62. The molecule has 0 spiro atoms. The van der Waals surface area contributed by atoms with Crippen molar-refractivity contribution in [1.29, 1.82) is 0 Å². The summed E-state index contributed by atoms with van der Waals surface area (Å²) in [7, 11) is 1.05. The number of aryl methyl sites for hydroxylation is 1. The van der Waals surface area contributed by atoms with E-state index in [4.69, 9.17) is 14.2 Å². The minimum absolute atomic E-state index is 0.191. The molecule has 1 aliphatic rings. The molecule has 0 N–H and O–H groups in total. The van der Waals surface area contributed by atoms with Gasteiger partial charge in [-0.2, -0.15) is 4.31 Å².